The molecule has 1 N–H and O–H groups in total. The van der Waals surface area contributed by atoms with Gasteiger partial charge in [-0.2, -0.15) is 0 Å². The van der Waals surface area contributed by atoms with E-state index in [-0.39, 0.29) is 25.5 Å². The van der Waals surface area contributed by atoms with Crippen LogP contribution in [-0.2, 0) is 20.7 Å². The van der Waals surface area contributed by atoms with E-state index in [4.69, 9.17) is 9.47 Å². The van der Waals surface area contributed by atoms with Crippen LogP contribution in [0.5, 0.6) is 5.75 Å². The van der Waals surface area contributed by atoms with Crippen molar-refractivity contribution in [2.24, 2.45) is 11.3 Å². The average Bonchev–Trinajstić information content (AvgIpc) is 3.00. The molecule has 0 radical (unpaired) electrons. The van der Waals surface area contributed by atoms with Crippen LogP contribution in [0.3, 0.4) is 0 Å². The van der Waals surface area contributed by atoms with E-state index in [1.165, 1.54) is 7.11 Å². The minimum atomic E-state index is -0.987. The Balaban J connectivity index is 1.93. The van der Waals surface area contributed by atoms with Crippen LogP contribution >= 0.6 is 0 Å². The number of carboxylic acid groups (broad SMARTS) is 1. The molecular weight excluding hydrogens is 322 g/mol. The van der Waals surface area contributed by atoms with Crippen molar-refractivity contribution in [1.82, 2.24) is 4.90 Å². The number of carbonyl (C=O) groups excluding carboxylic acids is 1. The summed E-state index contributed by atoms with van der Waals surface area (Å²) in [5.41, 5.74) is -0.0969. The van der Waals surface area contributed by atoms with E-state index in [2.05, 4.69) is 13.8 Å². The lowest BCUT2D eigenvalue weighted by molar-refractivity contribution is -0.151. The van der Waals surface area contributed by atoms with Crippen molar-refractivity contribution in [2.45, 2.75) is 26.7 Å². The molecule has 0 spiro atoms. The number of carbonyl (C=O) groups is 2. The fraction of sp³-hybridized carbons (Fsp3) is 0.579. The lowest BCUT2D eigenvalue weighted by Gasteiger charge is -2.23. The van der Waals surface area contributed by atoms with Gasteiger partial charge in [0.1, 0.15) is 11.2 Å². The predicted molar refractivity (Wildman–Crippen MR) is 93.6 cm³/mol. The molecule has 0 saturated carbocycles. The molecule has 1 aromatic carbocycles. The minimum Gasteiger partial charge on any atom is -0.493 e. The number of nitrogens with zero attached hydrogens (tertiary/aromatic N) is 1. The third-order valence-corrected chi connectivity index (χ3v) is 4.44. The molecule has 1 atom stereocenters. The van der Waals surface area contributed by atoms with Crippen LogP contribution in [0, 0.1) is 11.3 Å². The van der Waals surface area contributed by atoms with E-state index in [1.54, 1.807) is 4.90 Å². The Morgan fingerprint density at radius 2 is 1.96 bits per heavy atom. The highest BCUT2D eigenvalue weighted by atomic mass is 16.5. The highest BCUT2D eigenvalue weighted by Gasteiger charge is 2.46. The highest BCUT2D eigenvalue weighted by molar-refractivity contribution is 5.82. The molecule has 1 fully saturated rings. The lowest BCUT2D eigenvalue weighted by atomic mass is 9.88. The molecular formula is C19H27NO5. The molecule has 1 aliphatic heterocycles. The van der Waals surface area contributed by atoms with E-state index in [1.807, 2.05) is 24.3 Å². The van der Waals surface area contributed by atoms with Crippen molar-refractivity contribution in [3.05, 3.63) is 29.8 Å². The number of hydrogen-bond donors (Lipinski definition) is 1. The van der Waals surface area contributed by atoms with Gasteiger partial charge in [0.25, 0.3) is 0 Å². The van der Waals surface area contributed by atoms with Gasteiger partial charge in [-0.1, -0.05) is 26.0 Å². The van der Waals surface area contributed by atoms with Crippen LogP contribution < -0.4 is 4.74 Å². The molecule has 1 heterocycles. The molecule has 6 heteroatoms. The lowest BCUT2D eigenvalue weighted by Crippen LogP contribution is -2.40. The number of carboxylic acids is 1. The summed E-state index contributed by atoms with van der Waals surface area (Å²) in [7, 11) is 1.48. The van der Waals surface area contributed by atoms with E-state index >= 15 is 0 Å². The van der Waals surface area contributed by atoms with Crippen LogP contribution in [-0.4, -0.2) is 55.3 Å². The molecule has 138 valence electrons. The van der Waals surface area contributed by atoms with Crippen molar-refractivity contribution in [1.29, 1.82) is 0 Å². The maximum Gasteiger partial charge on any atom is 0.313 e. The Kier molecular flexibility index (Phi) is 6.42. The molecule has 25 heavy (non-hydrogen) atoms. The third-order valence-electron chi connectivity index (χ3n) is 4.44. The minimum absolute atomic E-state index is 0.0601. The Morgan fingerprint density at radius 1 is 1.28 bits per heavy atom. The second-order valence-electron chi connectivity index (χ2n) is 7.11. The molecule has 1 aromatic rings. The zero-order valence-corrected chi connectivity index (χ0v) is 15.2. The summed E-state index contributed by atoms with van der Waals surface area (Å²) in [6.45, 7) is 5.60. The standard InChI is InChI=1S/C19H27NO5/c1-14(2)11-25-16-6-4-15(5-7-16)10-17(21)20-9-8-19(12-20,13-24-3)18(22)23/h4-7,14H,8-13H2,1-3H3,(H,22,23). The van der Waals surface area contributed by atoms with Crippen molar-refractivity contribution in [2.75, 3.05) is 33.4 Å². The summed E-state index contributed by atoms with van der Waals surface area (Å²) in [6.07, 6.45) is 0.678. The van der Waals surface area contributed by atoms with Crippen LogP contribution in [0.2, 0.25) is 0 Å². The summed E-state index contributed by atoms with van der Waals surface area (Å²) < 4.78 is 10.7. The predicted octanol–water partition coefficient (Wildman–Crippen LogP) is 2.21. The molecule has 0 aliphatic carbocycles. The first-order valence-corrected chi connectivity index (χ1v) is 8.58. The zero-order chi connectivity index (χ0) is 18.4. The number of aliphatic carboxylic acids is 1. The quantitative estimate of drug-likeness (QED) is 0.779. The Bertz CT molecular complexity index is 598. The van der Waals surface area contributed by atoms with E-state index in [0.29, 0.717) is 25.5 Å². The van der Waals surface area contributed by atoms with Gasteiger partial charge in [-0.05, 0) is 30.0 Å². The Hall–Kier alpha value is -2.08. The first-order chi connectivity index (χ1) is 11.9. The fourth-order valence-corrected chi connectivity index (χ4v) is 2.97. The molecule has 1 saturated heterocycles. The summed E-state index contributed by atoms with van der Waals surface area (Å²) in [5, 5.41) is 9.47. The summed E-state index contributed by atoms with van der Waals surface area (Å²) in [6, 6.07) is 7.48. The van der Waals surface area contributed by atoms with Gasteiger partial charge in [0.05, 0.1) is 19.6 Å². The smallest absolute Gasteiger partial charge is 0.313 e. The maximum atomic E-state index is 12.5. The molecule has 0 aromatic heterocycles. The number of ether oxygens (including phenoxy) is 2. The van der Waals surface area contributed by atoms with Crippen LogP contribution in [0.4, 0.5) is 0 Å². The van der Waals surface area contributed by atoms with E-state index in [0.717, 1.165) is 11.3 Å². The monoisotopic (exact) mass is 349 g/mol. The molecule has 1 amide bonds. The first-order valence-electron chi connectivity index (χ1n) is 8.58. The van der Waals surface area contributed by atoms with E-state index < -0.39 is 11.4 Å². The van der Waals surface area contributed by atoms with Crippen molar-refractivity contribution in [3.8, 4) is 5.75 Å². The first kappa shape index (κ1) is 19.2. The van der Waals surface area contributed by atoms with Crippen LogP contribution in [0.1, 0.15) is 25.8 Å². The van der Waals surface area contributed by atoms with E-state index in [9.17, 15) is 14.7 Å². The number of rotatable bonds is 8. The maximum absolute atomic E-state index is 12.5. The van der Waals surface area contributed by atoms with Gasteiger partial charge in [0.15, 0.2) is 0 Å². The number of methoxy groups -OCH3 is 1. The summed E-state index contributed by atoms with van der Waals surface area (Å²) in [4.78, 5) is 25.7. The van der Waals surface area contributed by atoms with Gasteiger partial charge < -0.3 is 19.5 Å². The fourth-order valence-electron chi connectivity index (χ4n) is 2.97. The van der Waals surface area contributed by atoms with Gasteiger partial charge in [0, 0.05) is 20.2 Å². The van der Waals surface area contributed by atoms with Crippen LogP contribution in [0.25, 0.3) is 0 Å². The molecule has 0 bridgehead atoms. The summed E-state index contributed by atoms with van der Waals surface area (Å²) >= 11 is 0. The second-order valence-corrected chi connectivity index (χ2v) is 7.11. The van der Waals surface area contributed by atoms with Gasteiger partial charge >= 0.3 is 5.97 Å². The number of hydrogen-bond acceptors (Lipinski definition) is 4. The van der Waals surface area contributed by atoms with Gasteiger partial charge in [0.2, 0.25) is 5.91 Å². The van der Waals surface area contributed by atoms with Crippen molar-refractivity contribution in [3.63, 3.8) is 0 Å². The summed E-state index contributed by atoms with van der Waals surface area (Å²) in [5.74, 6) is 0.278. The third kappa shape index (κ3) is 4.95. The normalized spacial score (nSPS) is 20.1. The number of amides is 1. The molecule has 1 aliphatic rings. The second kappa shape index (κ2) is 8.34. The van der Waals surface area contributed by atoms with Gasteiger partial charge in [-0.3, -0.25) is 9.59 Å². The SMILES string of the molecule is COCC1(C(=O)O)CCN(C(=O)Cc2ccc(OCC(C)C)cc2)C1. The van der Waals surface area contributed by atoms with Gasteiger partial charge in [-0.15, -0.1) is 0 Å². The Morgan fingerprint density at radius 3 is 2.52 bits per heavy atom. The van der Waals surface area contributed by atoms with Crippen molar-refractivity contribution < 1.29 is 24.2 Å². The average molecular weight is 349 g/mol. The van der Waals surface area contributed by atoms with Gasteiger partial charge in [-0.25, -0.2) is 0 Å². The largest absolute Gasteiger partial charge is 0.493 e. The van der Waals surface area contributed by atoms with Crippen molar-refractivity contribution >= 4 is 11.9 Å². The highest BCUT2D eigenvalue weighted by Crippen LogP contribution is 2.31. The zero-order valence-electron chi connectivity index (χ0n) is 15.2. The topological polar surface area (TPSA) is 76.1 Å². The molecule has 6 nitrogen and oxygen atoms in total. The molecule has 1 unspecified atom stereocenters. The number of likely N-dealkylation sites (tertiary alicyclic amines) is 1. The van der Waals surface area contributed by atoms with Crippen LogP contribution in [0.15, 0.2) is 24.3 Å². The molecule has 2 rings (SSSR count). The number of benzene rings is 1. The Labute approximate surface area is 148 Å².